The third-order valence-corrected chi connectivity index (χ3v) is 1.80. The van der Waals surface area contributed by atoms with Crippen molar-refractivity contribution in [2.45, 2.75) is 13.0 Å². The Labute approximate surface area is 81.7 Å². The molecule has 0 aliphatic heterocycles. The van der Waals surface area contributed by atoms with E-state index in [1.165, 1.54) is 18.2 Å². The normalized spacial score (nSPS) is 12.6. The molecule has 1 atom stereocenters. The van der Waals surface area contributed by atoms with Gasteiger partial charge in [-0.3, -0.25) is 0 Å². The van der Waals surface area contributed by atoms with Gasteiger partial charge in [0.2, 0.25) is 0 Å². The minimum absolute atomic E-state index is 0.0364. The lowest BCUT2D eigenvalue weighted by Gasteiger charge is -2.12. The summed E-state index contributed by atoms with van der Waals surface area (Å²) in [4.78, 5) is 0. The van der Waals surface area contributed by atoms with Crippen molar-refractivity contribution in [3.63, 3.8) is 0 Å². The third-order valence-electron chi connectivity index (χ3n) is 1.80. The van der Waals surface area contributed by atoms with Gasteiger partial charge < -0.3 is 10.5 Å². The number of rotatable bonds is 4. The molecule has 78 valence electrons. The maximum absolute atomic E-state index is 12.8. The summed E-state index contributed by atoms with van der Waals surface area (Å²) in [6.07, 6.45) is 0. The summed E-state index contributed by atoms with van der Waals surface area (Å²) in [6.45, 7) is 1.11. The predicted molar refractivity (Wildman–Crippen MR) is 50.5 cm³/mol. The van der Waals surface area contributed by atoms with Crippen molar-refractivity contribution in [2.24, 2.45) is 5.73 Å². The Bertz CT molecular complexity index is 302. The Balaban J connectivity index is 2.90. The van der Waals surface area contributed by atoms with E-state index in [2.05, 4.69) is 0 Å². The Morgan fingerprint density at radius 1 is 1.50 bits per heavy atom. The number of benzene rings is 1. The average molecular weight is 201 g/mol. The fourth-order valence-electron chi connectivity index (χ4n) is 1.16. The van der Waals surface area contributed by atoms with E-state index in [9.17, 15) is 8.78 Å². The summed E-state index contributed by atoms with van der Waals surface area (Å²) in [7, 11) is 0. The Morgan fingerprint density at radius 3 is 2.79 bits per heavy atom. The van der Waals surface area contributed by atoms with Crippen LogP contribution in [0.25, 0.3) is 0 Å². The molecule has 4 heteroatoms. The quantitative estimate of drug-likeness (QED) is 0.810. The van der Waals surface area contributed by atoms with Crippen LogP contribution in [0.1, 0.15) is 18.5 Å². The van der Waals surface area contributed by atoms with Gasteiger partial charge in [0.05, 0.1) is 0 Å². The van der Waals surface area contributed by atoms with Crippen LogP contribution < -0.4 is 10.5 Å². The summed E-state index contributed by atoms with van der Waals surface area (Å²) >= 11 is 0. The van der Waals surface area contributed by atoms with Gasteiger partial charge in [0, 0.05) is 11.6 Å². The smallest absolute Gasteiger partial charge is 0.124 e. The molecule has 1 aromatic carbocycles. The summed E-state index contributed by atoms with van der Waals surface area (Å²) in [6, 6.07) is 3.70. The van der Waals surface area contributed by atoms with Crippen molar-refractivity contribution < 1.29 is 13.5 Å². The van der Waals surface area contributed by atoms with Gasteiger partial charge in [-0.2, -0.15) is 0 Å². The molecule has 0 saturated carbocycles. The lowest BCUT2D eigenvalue weighted by molar-refractivity contribution is 0.269. The molecule has 1 rings (SSSR count). The topological polar surface area (TPSA) is 35.2 Å². The van der Waals surface area contributed by atoms with Gasteiger partial charge in [-0.25, -0.2) is 8.78 Å². The highest BCUT2D eigenvalue weighted by Crippen LogP contribution is 2.24. The first kappa shape index (κ1) is 10.9. The van der Waals surface area contributed by atoms with Crippen LogP contribution in [0, 0.1) is 5.82 Å². The maximum Gasteiger partial charge on any atom is 0.124 e. The van der Waals surface area contributed by atoms with Crippen LogP contribution in [0.5, 0.6) is 5.75 Å². The third kappa shape index (κ3) is 2.67. The van der Waals surface area contributed by atoms with Crippen molar-refractivity contribution in [3.8, 4) is 5.75 Å². The van der Waals surface area contributed by atoms with Crippen LogP contribution in [0.15, 0.2) is 18.2 Å². The molecule has 2 N–H and O–H groups in total. The summed E-state index contributed by atoms with van der Waals surface area (Å²) in [5, 5.41) is 0. The minimum atomic E-state index is -0.574. The zero-order valence-electron chi connectivity index (χ0n) is 7.97. The lowest BCUT2D eigenvalue weighted by Crippen LogP contribution is -2.09. The van der Waals surface area contributed by atoms with Gasteiger partial charge in [-0.1, -0.05) is 0 Å². The Morgan fingerprint density at radius 2 is 2.21 bits per heavy atom. The van der Waals surface area contributed by atoms with Gasteiger partial charge in [0.1, 0.15) is 24.8 Å². The minimum Gasteiger partial charge on any atom is -0.491 e. The first-order chi connectivity index (χ1) is 6.65. The monoisotopic (exact) mass is 201 g/mol. The van der Waals surface area contributed by atoms with Crippen LogP contribution in [-0.2, 0) is 0 Å². The molecule has 2 nitrogen and oxygen atoms in total. The molecule has 1 aromatic rings. The van der Waals surface area contributed by atoms with Crippen LogP contribution in [0.2, 0.25) is 0 Å². The SMILES string of the molecule is CC(N)c1cc(F)ccc1OCCF. The number of alkyl halides is 1. The van der Waals surface area contributed by atoms with Gasteiger partial charge >= 0.3 is 0 Å². The fourth-order valence-corrected chi connectivity index (χ4v) is 1.16. The van der Waals surface area contributed by atoms with E-state index < -0.39 is 6.67 Å². The Kier molecular flexibility index (Phi) is 3.83. The molecule has 0 radical (unpaired) electrons. The highest BCUT2D eigenvalue weighted by Gasteiger charge is 2.09. The second-order valence-electron chi connectivity index (χ2n) is 3.01. The predicted octanol–water partition coefficient (Wildman–Crippen LogP) is 2.19. The maximum atomic E-state index is 12.8. The first-order valence-corrected chi connectivity index (χ1v) is 4.39. The number of ether oxygens (including phenoxy) is 1. The van der Waals surface area contributed by atoms with Gasteiger partial charge in [-0.15, -0.1) is 0 Å². The van der Waals surface area contributed by atoms with E-state index in [-0.39, 0.29) is 18.5 Å². The molecule has 1 unspecified atom stereocenters. The van der Waals surface area contributed by atoms with E-state index in [0.717, 1.165) is 0 Å². The van der Waals surface area contributed by atoms with E-state index >= 15 is 0 Å². The van der Waals surface area contributed by atoms with Crippen molar-refractivity contribution in [3.05, 3.63) is 29.6 Å². The lowest BCUT2D eigenvalue weighted by atomic mass is 10.1. The Hall–Kier alpha value is -1.16. The molecular formula is C10H13F2NO. The summed E-state index contributed by atoms with van der Waals surface area (Å²) < 4.78 is 29.8. The molecule has 0 aromatic heterocycles. The van der Waals surface area contributed by atoms with Crippen LogP contribution >= 0.6 is 0 Å². The zero-order chi connectivity index (χ0) is 10.6. The van der Waals surface area contributed by atoms with Crippen molar-refractivity contribution >= 4 is 0 Å². The van der Waals surface area contributed by atoms with Crippen LogP contribution in [0.3, 0.4) is 0 Å². The van der Waals surface area contributed by atoms with Crippen LogP contribution in [0.4, 0.5) is 8.78 Å². The van der Waals surface area contributed by atoms with Gasteiger partial charge in [0.25, 0.3) is 0 Å². The first-order valence-electron chi connectivity index (χ1n) is 4.39. The van der Waals surface area contributed by atoms with Gasteiger partial charge in [-0.05, 0) is 25.1 Å². The van der Waals surface area contributed by atoms with E-state index in [0.29, 0.717) is 11.3 Å². The number of hydrogen-bond acceptors (Lipinski definition) is 2. The standard InChI is InChI=1S/C10H13F2NO/c1-7(13)9-6-8(12)2-3-10(9)14-5-4-11/h2-3,6-7H,4-5,13H2,1H3. The van der Waals surface area contributed by atoms with E-state index in [4.69, 9.17) is 10.5 Å². The van der Waals surface area contributed by atoms with Crippen molar-refractivity contribution in [2.75, 3.05) is 13.3 Å². The van der Waals surface area contributed by atoms with E-state index in [1.54, 1.807) is 6.92 Å². The van der Waals surface area contributed by atoms with Crippen molar-refractivity contribution in [1.82, 2.24) is 0 Å². The average Bonchev–Trinajstić information content (AvgIpc) is 2.15. The molecular weight excluding hydrogens is 188 g/mol. The fraction of sp³-hybridized carbons (Fsp3) is 0.400. The highest BCUT2D eigenvalue weighted by atomic mass is 19.1. The van der Waals surface area contributed by atoms with E-state index in [1.807, 2.05) is 0 Å². The molecule has 0 saturated heterocycles. The zero-order valence-corrected chi connectivity index (χ0v) is 7.97. The second kappa shape index (κ2) is 4.91. The van der Waals surface area contributed by atoms with Crippen LogP contribution in [-0.4, -0.2) is 13.3 Å². The molecule has 0 fully saturated rings. The number of nitrogens with two attached hydrogens (primary N) is 1. The molecule has 0 aliphatic carbocycles. The second-order valence-corrected chi connectivity index (χ2v) is 3.01. The highest BCUT2D eigenvalue weighted by molar-refractivity contribution is 5.36. The van der Waals surface area contributed by atoms with Gasteiger partial charge in [0.15, 0.2) is 0 Å². The summed E-state index contributed by atoms with van der Waals surface area (Å²) in [5.41, 5.74) is 6.17. The molecule has 0 spiro atoms. The number of hydrogen-bond donors (Lipinski definition) is 1. The van der Waals surface area contributed by atoms with Crippen molar-refractivity contribution in [1.29, 1.82) is 0 Å². The molecule has 0 bridgehead atoms. The number of halogens is 2. The molecule has 0 amide bonds. The molecule has 0 aliphatic rings. The molecule has 14 heavy (non-hydrogen) atoms. The summed E-state index contributed by atoms with van der Waals surface area (Å²) in [5.74, 6) is 0.0731. The molecule has 0 heterocycles. The largest absolute Gasteiger partial charge is 0.491 e.